The fourth-order valence-corrected chi connectivity index (χ4v) is 3.35. The van der Waals surface area contributed by atoms with E-state index in [9.17, 15) is 0 Å². The lowest BCUT2D eigenvalue weighted by Crippen LogP contribution is -1.75. The minimum Gasteiger partial charge on any atom is -0.143 e. The van der Waals surface area contributed by atoms with Gasteiger partial charge < -0.3 is 0 Å². The molecule has 1 aromatic heterocycles. The van der Waals surface area contributed by atoms with E-state index in [-0.39, 0.29) is 0 Å². The minimum absolute atomic E-state index is 1.31. The first kappa shape index (κ1) is 10.9. The summed E-state index contributed by atoms with van der Waals surface area (Å²) in [6.07, 6.45) is 2.11. The van der Waals surface area contributed by atoms with Crippen LogP contribution >= 0.6 is 23.1 Å². The van der Waals surface area contributed by atoms with E-state index in [1.807, 2.05) is 11.3 Å². The molecule has 0 aliphatic rings. The Kier molecular flexibility index (Phi) is 2.91. The van der Waals surface area contributed by atoms with Crippen LogP contribution in [0.1, 0.15) is 0 Å². The lowest BCUT2D eigenvalue weighted by molar-refractivity contribution is 1.47. The Hall–Kier alpha value is -1.25. The van der Waals surface area contributed by atoms with Crippen molar-refractivity contribution >= 4 is 33.2 Å². The van der Waals surface area contributed by atoms with Gasteiger partial charge in [0.25, 0.3) is 0 Å². The van der Waals surface area contributed by atoms with Gasteiger partial charge in [-0.1, -0.05) is 30.3 Å². The summed E-state index contributed by atoms with van der Waals surface area (Å²) in [7, 11) is 0. The van der Waals surface area contributed by atoms with Crippen LogP contribution in [0.25, 0.3) is 21.2 Å². The summed E-state index contributed by atoms with van der Waals surface area (Å²) in [4.78, 5) is 1.31. The quantitative estimate of drug-likeness (QED) is 0.561. The van der Waals surface area contributed by atoms with Gasteiger partial charge in [0.15, 0.2) is 0 Å². The number of thioether (sulfide) groups is 1. The fraction of sp³-hybridized carbons (Fsp3) is 0.0667. The predicted molar refractivity (Wildman–Crippen MR) is 79.0 cm³/mol. The van der Waals surface area contributed by atoms with E-state index in [4.69, 9.17) is 0 Å². The van der Waals surface area contributed by atoms with Crippen molar-refractivity contribution in [1.29, 1.82) is 0 Å². The molecule has 0 amide bonds. The maximum atomic E-state index is 2.25. The number of benzene rings is 2. The van der Waals surface area contributed by atoms with Crippen LogP contribution in [-0.2, 0) is 0 Å². The van der Waals surface area contributed by atoms with Crippen molar-refractivity contribution in [3.63, 3.8) is 0 Å². The summed E-state index contributed by atoms with van der Waals surface area (Å²) in [6.45, 7) is 0. The smallest absolute Gasteiger partial charge is 0.0349 e. The van der Waals surface area contributed by atoms with Crippen LogP contribution in [0.3, 0.4) is 0 Å². The van der Waals surface area contributed by atoms with E-state index in [2.05, 4.69) is 60.2 Å². The summed E-state index contributed by atoms with van der Waals surface area (Å²) in [6, 6.07) is 17.4. The maximum absolute atomic E-state index is 2.25. The first-order valence-corrected chi connectivity index (χ1v) is 7.59. The molecule has 0 bridgehead atoms. The Bertz CT molecular complexity index is 635. The van der Waals surface area contributed by atoms with E-state index in [1.165, 1.54) is 26.1 Å². The summed E-state index contributed by atoms with van der Waals surface area (Å²) in [5.74, 6) is 0. The molecule has 3 rings (SSSR count). The number of hydrogen-bond acceptors (Lipinski definition) is 2. The third-order valence-electron chi connectivity index (χ3n) is 2.88. The molecule has 0 fully saturated rings. The van der Waals surface area contributed by atoms with Gasteiger partial charge in [-0.3, -0.25) is 0 Å². The average molecular weight is 256 g/mol. The van der Waals surface area contributed by atoms with Gasteiger partial charge in [0.05, 0.1) is 0 Å². The Morgan fingerprint density at radius 1 is 0.941 bits per heavy atom. The zero-order chi connectivity index (χ0) is 11.7. The predicted octanol–water partition coefficient (Wildman–Crippen LogP) is 5.29. The topological polar surface area (TPSA) is 0 Å². The molecule has 0 saturated heterocycles. The molecule has 0 N–H and O–H groups in total. The van der Waals surface area contributed by atoms with Crippen molar-refractivity contribution in [2.24, 2.45) is 0 Å². The van der Waals surface area contributed by atoms with Crippen molar-refractivity contribution in [3.05, 3.63) is 53.9 Å². The van der Waals surface area contributed by atoms with Crippen molar-refractivity contribution in [2.45, 2.75) is 4.90 Å². The zero-order valence-electron chi connectivity index (χ0n) is 9.51. The van der Waals surface area contributed by atoms with Gasteiger partial charge in [0.2, 0.25) is 0 Å². The molecule has 0 atom stereocenters. The van der Waals surface area contributed by atoms with Crippen molar-refractivity contribution in [3.8, 4) is 11.1 Å². The van der Waals surface area contributed by atoms with E-state index < -0.39 is 0 Å². The lowest BCUT2D eigenvalue weighted by atomic mass is 10.1. The van der Waals surface area contributed by atoms with E-state index in [0.29, 0.717) is 0 Å². The van der Waals surface area contributed by atoms with E-state index >= 15 is 0 Å². The normalized spacial score (nSPS) is 10.9. The highest BCUT2D eigenvalue weighted by atomic mass is 32.2. The van der Waals surface area contributed by atoms with Gasteiger partial charge in [-0.15, -0.1) is 23.1 Å². The Labute approximate surface area is 109 Å². The SMILES string of the molecule is CSc1ccc(-c2csc3ccccc23)cc1. The fourth-order valence-electron chi connectivity index (χ4n) is 1.97. The van der Waals surface area contributed by atoms with Crippen LogP contribution < -0.4 is 0 Å². The van der Waals surface area contributed by atoms with Crippen LogP contribution in [0.4, 0.5) is 0 Å². The molecule has 0 radical (unpaired) electrons. The molecule has 0 aliphatic heterocycles. The van der Waals surface area contributed by atoms with Gasteiger partial charge in [0, 0.05) is 20.5 Å². The standard InChI is InChI=1S/C15H12S2/c1-16-12-8-6-11(7-9-12)14-10-17-15-5-3-2-4-13(14)15/h2-10H,1H3. The second kappa shape index (κ2) is 4.55. The second-order valence-electron chi connectivity index (χ2n) is 3.87. The molecule has 0 aliphatic carbocycles. The summed E-state index contributed by atoms with van der Waals surface area (Å²) in [5.41, 5.74) is 2.65. The van der Waals surface area contributed by atoms with Crippen LogP contribution in [0.15, 0.2) is 58.8 Å². The van der Waals surface area contributed by atoms with Crippen LogP contribution in [-0.4, -0.2) is 6.26 Å². The number of thiophene rings is 1. The van der Waals surface area contributed by atoms with E-state index in [1.54, 1.807) is 11.8 Å². The molecule has 2 aromatic carbocycles. The Balaban J connectivity index is 2.13. The third kappa shape index (κ3) is 1.99. The summed E-state index contributed by atoms with van der Waals surface area (Å²) < 4.78 is 1.36. The van der Waals surface area contributed by atoms with Crippen molar-refractivity contribution < 1.29 is 0 Å². The Morgan fingerprint density at radius 3 is 2.47 bits per heavy atom. The molecule has 0 nitrogen and oxygen atoms in total. The Morgan fingerprint density at radius 2 is 1.71 bits per heavy atom. The molecule has 84 valence electrons. The van der Waals surface area contributed by atoms with Gasteiger partial charge in [-0.2, -0.15) is 0 Å². The molecule has 3 aromatic rings. The summed E-state index contributed by atoms with van der Waals surface area (Å²) in [5, 5.41) is 3.60. The highest BCUT2D eigenvalue weighted by Gasteiger charge is 2.05. The maximum Gasteiger partial charge on any atom is 0.0349 e. The van der Waals surface area contributed by atoms with Crippen LogP contribution in [0.2, 0.25) is 0 Å². The van der Waals surface area contributed by atoms with Gasteiger partial charge in [0.1, 0.15) is 0 Å². The molecule has 1 heterocycles. The monoisotopic (exact) mass is 256 g/mol. The van der Waals surface area contributed by atoms with E-state index in [0.717, 1.165) is 0 Å². The molecular formula is C15H12S2. The van der Waals surface area contributed by atoms with Crippen molar-refractivity contribution in [1.82, 2.24) is 0 Å². The van der Waals surface area contributed by atoms with Crippen LogP contribution in [0, 0.1) is 0 Å². The first-order chi connectivity index (χ1) is 8.38. The van der Waals surface area contributed by atoms with Crippen LogP contribution in [0.5, 0.6) is 0 Å². The minimum atomic E-state index is 1.31. The number of hydrogen-bond donors (Lipinski definition) is 0. The lowest BCUT2D eigenvalue weighted by Gasteiger charge is -2.01. The summed E-state index contributed by atoms with van der Waals surface area (Å²) >= 11 is 3.59. The van der Waals surface area contributed by atoms with Gasteiger partial charge in [-0.25, -0.2) is 0 Å². The van der Waals surface area contributed by atoms with Gasteiger partial charge >= 0.3 is 0 Å². The molecule has 0 spiro atoms. The third-order valence-corrected chi connectivity index (χ3v) is 4.59. The molecule has 0 unspecified atom stereocenters. The largest absolute Gasteiger partial charge is 0.143 e. The first-order valence-electron chi connectivity index (χ1n) is 5.49. The second-order valence-corrected chi connectivity index (χ2v) is 5.66. The molecular weight excluding hydrogens is 244 g/mol. The number of fused-ring (bicyclic) bond motifs is 1. The zero-order valence-corrected chi connectivity index (χ0v) is 11.1. The molecule has 17 heavy (non-hydrogen) atoms. The number of rotatable bonds is 2. The average Bonchev–Trinajstić information content (AvgIpc) is 2.83. The molecule has 2 heteroatoms. The highest BCUT2D eigenvalue weighted by Crippen LogP contribution is 2.34. The van der Waals surface area contributed by atoms with Gasteiger partial charge in [-0.05, 0) is 35.4 Å². The highest BCUT2D eigenvalue weighted by molar-refractivity contribution is 7.98. The molecule has 0 saturated carbocycles. The van der Waals surface area contributed by atoms with Crippen molar-refractivity contribution in [2.75, 3.05) is 6.26 Å².